The zero-order chi connectivity index (χ0) is 16.9. The molecule has 0 saturated carbocycles. The Morgan fingerprint density at radius 3 is 2.69 bits per heavy atom. The van der Waals surface area contributed by atoms with Crippen LogP contribution in [-0.2, 0) is 9.53 Å². The van der Waals surface area contributed by atoms with Crippen LogP contribution in [-0.4, -0.2) is 43.9 Å². The summed E-state index contributed by atoms with van der Waals surface area (Å²) >= 11 is 0. The van der Waals surface area contributed by atoms with Crippen LogP contribution in [0.5, 0.6) is 11.5 Å². The predicted molar refractivity (Wildman–Crippen MR) is 104 cm³/mol. The lowest BCUT2D eigenvalue weighted by Crippen LogP contribution is -2.39. The topological polar surface area (TPSA) is 95.7 Å². The number of nitrogens with one attached hydrogen (secondary N) is 1. The molecule has 1 atom stereocenters. The van der Waals surface area contributed by atoms with Crippen molar-refractivity contribution in [2.45, 2.75) is 6.04 Å². The van der Waals surface area contributed by atoms with Crippen molar-refractivity contribution in [2.75, 3.05) is 32.2 Å². The lowest BCUT2D eigenvalue weighted by Gasteiger charge is -2.18. The van der Waals surface area contributed by atoms with Crippen LogP contribution in [0.25, 0.3) is 11.3 Å². The van der Waals surface area contributed by atoms with Gasteiger partial charge in [-0.25, -0.2) is 4.98 Å². The number of amides is 1. The average Bonchev–Trinajstić information content (AvgIpc) is 2.61. The molecule has 2 aromatic rings. The highest BCUT2D eigenvalue weighted by molar-refractivity contribution is 5.94. The first-order valence-corrected chi connectivity index (χ1v) is 7.60. The summed E-state index contributed by atoms with van der Waals surface area (Å²) in [5, 5.41) is 2.69. The van der Waals surface area contributed by atoms with Crippen LogP contribution in [0.2, 0.25) is 0 Å². The lowest BCUT2D eigenvalue weighted by atomic mass is 10.1. The van der Waals surface area contributed by atoms with Crippen LogP contribution >= 0.6 is 24.8 Å². The van der Waals surface area contributed by atoms with Gasteiger partial charge in [-0.05, 0) is 30.3 Å². The quantitative estimate of drug-likeness (QED) is 0.797. The van der Waals surface area contributed by atoms with Crippen molar-refractivity contribution in [3.8, 4) is 22.8 Å². The number of methoxy groups -OCH3 is 1. The molecule has 0 radical (unpaired) electrons. The van der Waals surface area contributed by atoms with Crippen molar-refractivity contribution in [3.05, 3.63) is 36.4 Å². The van der Waals surface area contributed by atoms with Crippen LogP contribution in [0.3, 0.4) is 0 Å². The molecule has 142 valence electrons. The Hall–Kier alpha value is -2.06. The van der Waals surface area contributed by atoms with Crippen molar-refractivity contribution >= 4 is 36.5 Å². The first-order chi connectivity index (χ1) is 11.7. The first-order valence-electron chi connectivity index (χ1n) is 7.60. The van der Waals surface area contributed by atoms with Crippen LogP contribution in [0.15, 0.2) is 36.4 Å². The maximum Gasteiger partial charge on any atom is 0.244 e. The van der Waals surface area contributed by atoms with E-state index < -0.39 is 6.04 Å². The van der Waals surface area contributed by atoms with Crippen LogP contribution in [0.1, 0.15) is 0 Å². The third kappa shape index (κ3) is 5.22. The van der Waals surface area contributed by atoms with E-state index in [2.05, 4.69) is 10.3 Å². The van der Waals surface area contributed by atoms with Gasteiger partial charge in [0.1, 0.15) is 25.1 Å². The molecular weight excluding hydrogens is 381 g/mol. The molecule has 1 aliphatic rings. The first kappa shape index (κ1) is 22.0. The maximum absolute atomic E-state index is 11.9. The Morgan fingerprint density at radius 1 is 1.23 bits per heavy atom. The molecule has 9 heteroatoms. The molecule has 3 N–H and O–H groups in total. The highest BCUT2D eigenvalue weighted by Crippen LogP contribution is 2.34. The number of aromatic nitrogens is 1. The lowest BCUT2D eigenvalue weighted by molar-refractivity contribution is -0.118. The van der Waals surface area contributed by atoms with E-state index in [4.69, 9.17) is 19.9 Å². The molecule has 0 fully saturated rings. The number of hydrogen-bond acceptors (Lipinski definition) is 6. The second-order valence-electron chi connectivity index (χ2n) is 5.32. The fourth-order valence-corrected chi connectivity index (χ4v) is 2.34. The molecule has 1 aromatic heterocycles. The number of carbonyl (C=O) groups excluding carboxylic acids is 1. The van der Waals surface area contributed by atoms with E-state index in [1.165, 1.54) is 7.11 Å². The summed E-state index contributed by atoms with van der Waals surface area (Å²) in [5.41, 5.74) is 7.29. The third-order valence-corrected chi connectivity index (χ3v) is 3.52. The maximum atomic E-state index is 11.9. The molecule has 2 heterocycles. The number of nitrogens with two attached hydrogens (primary N) is 1. The van der Waals surface area contributed by atoms with Gasteiger partial charge < -0.3 is 25.3 Å². The predicted octanol–water partition coefficient (Wildman–Crippen LogP) is 2.28. The Morgan fingerprint density at radius 2 is 1.96 bits per heavy atom. The number of nitrogens with zero attached hydrogens (tertiary/aromatic N) is 1. The standard InChI is InChI=1S/C17H19N3O4.2ClH/c1-22-10-12(18)17(21)20-16-4-2-3-13(19-16)11-5-6-14-15(9-11)24-8-7-23-14;;/h2-6,9,12H,7-8,10,18H2,1H3,(H,19,20,21);2*1H. The number of fused-ring (bicyclic) bond motifs is 1. The van der Waals surface area contributed by atoms with E-state index in [0.29, 0.717) is 30.5 Å². The Kier molecular flexibility index (Phi) is 8.60. The van der Waals surface area contributed by atoms with Crippen molar-refractivity contribution in [3.63, 3.8) is 0 Å². The Balaban J connectivity index is 0.00000169. The molecule has 0 saturated heterocycles. The number of carbonyl (C=O) groups is 1. The van der Waals surface area contributed by atoms with Gasteiger partial charge in [-0.15, -0.1) is 24.8 Å². The number of anilines is 1. The number of benzene rings is 1. The molecular formula is C17H21Cl2N3O4. The molecule has 0 spiro atoms. The largest absolute Gasteiger partial charge is 0.486 e. The monoisotopic (exact) mass is 401 g/mol. The number of ether oxygens (including phenoxy) is 3. The van der Waals surface area contributed by atoms with E-state index in [1.807, 2.05) is 30.3 Å². The van der Waals surface area contributed by atoms with E-state index in [-0.39, 0.29) is 37.3 Å². The molecule has 1 aromatic carbocycles. The van der Waals surface area contributed by atoms with Crippen LogP contribution in [0.4, 0.5) is 5.82 Å². The van der Waals surface area contributed by atoms with E-state index in [1.54, 1.807) is 6.07 Å². The highest BCUT2D eigenvalue weighted by atomic mass is 35.5. The second-order valence-corrected chi connectivity index (χ2v) is 5.32. The van der Waals surface area contributed by atoms with E-state index >= 15 is 0 Å². The summed E-state index contributed by atoms with van der Waals surface area (Å²) in [6.07, 6.45) is 0. The minimum Gasteiger partial charge on any atom is -0.486 e. The summed E-state index contributed by atoms with van der Waals surface area (Å²) in [4.78, 5) is 16.4. The van der Waals surface area contributed by atoms with Crippen molar-refractivity contribution in [2.24, 2.45) is 5.73 Å². The summed E-state index contributed by atoms with van der Waals surface area (Å²) < 4.78 is 16.0. The summed E-state index contributed by atoms with van der Waals surface area (Å²) in [5.74, 6) is 1.50. The zero-order valence-corrected chi connectivity index (χ0v) is 15.8. The number of rotatable bonds is 5. The van der Waals surface area contributed by atoms with Crippen LogP contribution in [0, 0.1) is 0 Å². The van der Waals surface area contributed by atoms with Crippen molar-refractivity contribution < 1.29 is 19.0 Å². The fourth-order valence-electron chi connectivity index (χ4n) is 2.34. The molecule has 0 bridgehead atoms. The van der Waals surface area contributed by atoms with Gasteiger partial charge in [-0.1, -0.05) is 6.07 Å². The molecule has 7 nitrogen and oxygen atoms in total. The Bertz CT molecular complexity index is 746. The van der Waals surface area contributed by atoms with Gasteiger partial charge in [0.05, 0.1) is 12.3 Å². The summed E-state index contributed by atoms with van der Waals surface area (Å²) in [6, 6.07) is 10.3. The molecule has 1 amide bonds. The fraction of sp³-hybridized carbons (Fsp3) is 0.294. The minimum atomic E-state index is -0.741. The normalized spacial score (nSPS) is 13.0. The zero-order valence-electron chi connectivity index (χ0n) is 14.1. The SMILES string of the molecule is COCC(N)C(=O)Nc1cccc(-c2ccc3c(c2)OCCO3)n1.Cl.Cl. The second kappa shape index (κ2) is 10.2. The molecule has 3 rings (SSSR count). The Labute approximate surface area is 164 Å². The molecule has 1 unspecified atom stereocenters. The van der Waals surface area contributed by atoms with E-state index in [9.17, 15) is 4.79 Å². The van der Waals surface area contributed by atoms with Crippen LogP contribution < -0.4 is 20.5 Å². The molecule has 26 heavy (non-hydrogen) atoms. The number of hydrogen-bond donors (Lipinski definition) is 2. The van der Waals surface area contributed by atoms with Gasteiger partial charge in [0.25, 0.3) is 0 Å². The third-order valence-electron chi connectivity index (χ3n) is 3.52. The number of pyridine rings is 1. The number of halogens is 2. The van der Waals surface area contributed by atoms with Gasteiger partial charge in [-0.3, -0.25) is 4.79 Å². The molecule has 0 aliphatic carbocycles. The minimum absolute atomic E-state index is 0. The van der Waals surface area contributed by atoms with Gasteiger partial charge in [0.15, 0.2) is 11.5 Å². The van der Waals surface area contributed by atoms with Gasteiger partial charge in [0.2, 0.25) is 5.91 Å². The van der Waals surface area contributed by atoms with Gasteiger partial charge in [-0.2, -0.15) is 0 Å². The van der Waals surface area contributed by atoms with Gasteiger partial charge >= 0.3 is 0 Å². The van der Waals surface area contributed by atoms with Gasteiger partial charge in [0, 0.05) is 12.7 Å². The average molecular weight is 402 g/mol. The summed E-state index contributed by atoms with van der Waals surface area (Å²) in [6.45, 7) is 1.22. The van der Waals surface area contributed by atoms with E-state index in [0.717, 1.165) is 11.3 Å². The molecule has 1 aliphatic heterocycles. The van der Waals surface area contributed by atoms with Crippen molar-refractivity contribution in [1.82, 2.24) is 4.98 Å². The smallest absolute Gasteiger partial charge is 0.244 e. The van der Waals surface area contributed by atoms with Crippen molar-refractivity contribution in [1.29, 1.82) is 0 Å². The summed E-state index contributed by atoms with van der Waals surface area (Å²) in [7, 11) is 1.49. The highest BCUT2D eigenvalue weighted by Gasteiger charge is 2.15.